The van der Waals surface area contributed by atoms with Crippen LogP contribution in [0.15, 0.2) is 0 Å². The first kappa shape index (κ1) is 11.8. The van der Waals surface area contributed by atoms with Gasteiger partial charge in [-0.2, -0.15) is 0 Å². The van der Waals surface area contributed by atoms with Crippen molar-refractivity contribution in [2.24, 2.45) is 5.73 Å². The van der Waals surface area contributed by atoms with Gasteiger partial charge in [0.25, 0.3) is 0 Å². The fourth-order valence-corrected chi connectivity index (χ4v) is 2.64. The topological polar surface area (TPSA) is 64.8 Å². The first-order chi connectivity index (χ1) is 7.61. The van der Waals surface area contributed by atoms with E-state index in [4.69, 9.17) is 15.2 Å². The lowest BCUT2D eigenvalue weighted by atomic mass is 9.89. The zero-order valence-electron chi connectivity index (χ0n) is 9.78. The number of primary amides is 1. The van der Waals surface area contributed by atoms with E-state index in [2.05, 4.69) is 0 Å². The molecule has 0 radical (unpaired) electrons. The van der Waals surface area contributed by atoms with Gasteiger partial charge < -0.3 is 15.2 Å². The maximum Gasteiger partial charge on any atom is 0.231 e. The minimum atomic E-state index is -0.315. The first-order valence-electron chi connectivity index (χ1n) is 5.88. The van der Waals surface area contributed by atoms with Crippen LogP contribution in [0.2, 0.25) is 0 Å². The highest BCUT2D eigenvalue weighted by molar-refractivity contribution is 5.75. The predicted octanol–water partition coefficient (Wildman–Crippen LogP) is 0.0892. The highest BCUT2D eigenvalue weighted by atomic mass is 16.7. The molecule has 2 N–H and O–H groups in total. The lowest BCUT2D eigenvalue weighted by Crippen LogP contribution is -2.45. The Balaban J connectivity index is 1.82. The van der Waals surface area contributed by atoms with E-state index in [1.54, 1.807) is 0 Å². The zero-order valence-corrected chi connectivity index (χ0v) is 9.78. The lowest BCUT2D eigenvalue weighted by molar-refractivity contribution is -0.183. The number of hydrogen-bond donors (Lipinski definition) is 1. The van der Waals surface area contributed by atoms with E-state index in [0.29, 0.717) is 25.8 Å². The molecule has 2 fully saturated rings. The number of hydrogen-bond acceptors (Lipinski definition) is 4. The molecule has 5 nitrogen and oxygen atoms in total. The second-order valence-electron chi connectivity index (χ2n) is 4.72. The number of rotatable bonds is 3. The molecule has 0 bridgehead atoms. The van der Waals surface area contributed by atoms with Crippen LogP contribution in [-0.4, -0.2) is 49.4 Å². The molecule has 1 spiro atoms. The monoisotopic (exact) mass is 228 g/mol. The fourth-order valence-electron chi connectivity index (χ4n) is 2.64. The van der Waals surface area contributed by atoms with Crippen molar-refractivity contribution in [1.29, 1.82) is 0 Å². The SMILES string of the molecule is CN(CC(N)=O)C1CCC2(CC1)OCCO2. The molecule has 92 valence electrons. The Hall–Kier alpha value is -0.650. The highest BCUT2D eigenvalue weighted by Gasteiger charge is 2.41. The summed E-state index contributed by atoms with van der Waals surface area (Å²) >= 11 is 0. The minimum Gasteiger partial charge on any atom is -0.369 e. The Morgan fingerprint density at radius 3 is 2.44 bits per heavy atom. The number of ether oxygens (including phenoxy) is 2. The molecule has 0 aromatic heterocycles. The molecule has 2 rings (SSSR count). The molecule has 1 saturated heterocycles. The van der Waals surface area contributed by atoms with Crippen LogP contribution in [0.4, 0.5) is 0 Å². The molecule has 1 heterocycles. The van der Waals surface area contributed by atoms with Gasteiger partial charge in [-0.05, 0) is 19.9 Å². The molecule has 1 aliphatic carbocycles. The van der Waals surface area contributed by atoms with Gasteiger partial charge in [0.2, 0.25) is 5.91 Å². The van der Waals surface area contributed by atoms with Crippen molar-refractivity contribution < 1.29 is 14.3 Å². The molecule has 0 unspecified atom stereocenters. The molecule has 1 saturated carbocycles. The van der Waals surface area contributed by atoms with E-state index in [0.717, 1.165) is 25.7 Å². The number of amides is 1. The molecule has 2 aliphatic rings. The number of carbonyl (C=O) groups is 1. The van der Waals surface area contributed by atoms with Crippen LogP contribution in [0.25, 0.3) is 0 Å². The molecule has 1 amide bonds. The summed E-state index contributed by atoms with van der Waals surface area (Å²) in [5.41, 5.74) is 5.19. The third-order valence-corrected chi connectivity index (χ3v) is 3.56. The summed E-state index contributed by atoms with van der Waals surface area (Å²) in [7, 11) is 1.95. The lowest BCUT2D eigenvalue weighted by Gasteiger charge is -2.38. The Labute approximate surface area is 95.9 Å². The van der Waals surface area contributed by atoms with E-state index in [-0.39, 0.29) is 11.7 Å². The standard InChI is InChI=1S/C11H20N2O3/c1-13(8-10(12)14)9-2-4-11(5-3-9)15-6-7-16-11/h9H,2-8H2,1H3,(H2,12,14). The summed E-state index contributed by atoms with van der Waals surface area (Å²) in [4.78, 5) is 12.9. The Kier molecular flexibility index (Phi) is 3.47. The third-order valence-electron chi connectivity index (χ3n) is 3.56. The van der Waals surface area contributed by atoms with Crippen LogP contribution in [-0.2, 0) is 14.3 Å². The molecule has 16 heavy (non-hydrogen) atoms. The summed E-state index contributed by atoms with van der Waals surface area (Å²) < 4.78 is 11.3. The largest absolute Gasteiger partial charge is 0.369 e. The van der Waals surface area contributed by atoms with Crippen LogP contribution in [0.5, 0.6) is 0 Å². The van der Waals surface area contributed by atoms with E-state index in [9.17, 15) is 4.79 Å². The van der Waals surface area contributed by atoms with Crippen molar-refractivity contribution in [1.82, 2.24) is 4.90 Å². The maximum absolute atomic E-state index is 10.8. The van der Waals surface area contributed by atoms with E-state index < -0.39 is 0 Å². The fraction of sp³-hybridized carbons (Fsp3) is 0.909. The molecule has 0 atom stereocenters. The van der Waals surface area contributed by atoms with Crippen LogP contribution in [0, 0.1) is 0 Å². The summed E-state index contributed by atoms with van der Waals surface area (Å²) in [6, 6.07) is 0.422. The van der Waals surface area contributed by atoms with Gasteiger partial charge >= 0.3 is 0 Å². The number of likely N-dealkylation sites (N-methyl/N-ethyl adjacent to an activating group) is 1. The predicted molar refractivity (Wildman–Crippen MR) is 58.7 cm³/mol. The van der Waals surface area contributed by atoms with Crippen molar-refractivity contribution >= 4 is 5.91 Å². The van der Waals surface area contributed by atoms with Crippen molar-refractivity contribution in [2.45, 2.75) is 37.5 Å². The summed E-state index contributed by atoms with van der Waals surface area (Å²) in [5.74, 6) is -0.583. The van der Waals surface area contributed by atoms with Crippen molar-refractivity contribution in [2.75, 3.05) is 26.8 Å². The van der Waals surface area contributed by atoms with E-state index >= 15 is 0 Å². The van der Waals surface area contributed by atoms with E-state index in [1.165, 1.54) is 0 Å². The van der Waals surface area contributed by atoms with Crippen molar-refractivity contribution in [3.63, 3.8) is 0 Å². The van der Waals surface area contributed by atoms with Crippen molar-refractivity contribution in [3.8, 4) is 0 Å². The second-order valence-corrected chi connectivity index (χ2v) is 4.72. The van der Waals surface area contributed by atoms with Gasteiger partial charge in [0.1, 0.15) is 0 Å². The van der Waals surface area contributed by atoms with Gasteiger partial charge in [-0.15, -0.1) is 0 Å². The average molecular weight is 228 g/mol. The summed E-state index contributed by atoms with van der Waals surface area (Å²) in [6.45, 7) is 1.75. The summed E-state index contributed by atoms with van der Waals surface area (Å²) in [5, 5.41) is 0. The highest BCUT2D eigenvalue weighted by Crippen LogP contribution is 2.36. The average Bonchev–Trinajstić information content (AvgIpc) is 2.66. The molecule has 0 aromatic carbocycles. The minimum absolute atomic E-state index is 0.267. The van der Waals surface area contributed by atoms with Gasteiger partial charge in [0.05, 0.1) is 19.8 Å². The summed E-state index contributed by atoms with van der Waals surface area (Å²) in [6.07, 6.45) is 3.84. The van der Waals surface area contributed by atoms with Gasteiger partial charge in [0.15, 0.2) is 5.79 Å². The molecule has 0 aromatic rings. The van der Waals surface area contributed by atoms with Gasteiger partial charge in [0, 0.05) is 18.9 Å². The molecular formula is C11H20N2O3. The second kappa shape index (κ2) is 4.69. The first-order valence-corrected chi connectivity index (χ1v) is 5.88. The molecular weight excluding hydrogens is 208 g/mol. The molecule has 1 aliphatic heterocycles. The van der Waals surface area contributed by atoms with Crippen LogP contribution >= 0.6 is 0 Å². The van der Waals surface area contributed by atoms with Crippen LogP contribution in [0.1, 0.15) is 25.7 Å². The van der Waals surface area contributed by atoms with Gasteiger partial charge in [-0.3, -0.25) is 9.69 Å². The Morgan fingerprint density at radius 1 is 1.38 bits per heavy atom. The molecule has 5 heteroatoms. The maximum atomic E-state index is 10.8. The van der Waals surface area contributed by atoms with Gasteiger partial charge in [-0.1, -0.05) is 0 Å². The van der Waals surface area contributed by atoms with Gasteiger partial charge in [-0.25, -0.2) is 0 Å². The van der Waals surface area contributed by atoms with E-state index in [1.807, 2.05) is 11.9 Å². The quantitative estimate of drug-likeness (QED) is 0.743. The number of nitrogens with zero attached hydrogens (tertiary/aromatic N) is 1. The number of carbonyl (C=O) groups excluding carboxylic acids is 1. The van der Waals surface area contributed by atoms with Crippen LogP contribution < -0.4 is 5.73 Å². The Morgan fingerprint density at radius 2 is 1.94 bits per heavy atom. The zero-order chi connectivity index (χ0) is 11.6. The Bertz CT molecular complexity index is 254. The smallest absolute Gasteiger partial charge is 0.231 e. The van der Waals surface area contributed by atoms with Crippen LogP contribution in [0.3, 0.4) is 0 Å². The van der Waals surface area contributed by atoms with Crippen molar-refractivity contribution in [3.05, 3.63) is 0 Å². The third kappa shape index (κ3) is 2.53. The normalized spacial score (nSPS) is 25.4. The number of nitrogens with two attached hydrogens (primary N) is 1.